The van der Waals surface area contributed by atoms with E-state index in [1.54, 1.807) is 18.4 Å². The van der Waals surface area contributed by atoms with Crippen molar-refractivity contribution in [1.29, 1.82) is 0 Å². The number of benzene rings is 1. The van der Waals surface area contributed by atoms with Gasteiger partial charge in [-0.15, -0.1) is 11.3 Å². The molecule has 3 N–H and O–H groups in total. The zero-order valence-corrected chi connectivity index (χ0v) is 17.7. The molecule has 0 saturated carbocycles. The molecular formula is C21H31N3O3S. The van der Waals surface area contributed by atoms with Crippen molar-refractivity contribution in [2.45, 2.75) is 32.4 Å². The molecular weight excluding hydrogens is 374 g/mol. The quantitative estimate of drug-likeness (QED) is 0.304. The van der Waals surface area contributed by atoms with E-state index in [1.165, 1.54) is 0 Å². The maximum absolute atomic E-state index is 10.7. The summed E-state index contributed by atoms with van der Waals surface area (Å²) in [6, 6.07) is 11.7. The number of aliphatic hydroxyl groups is 1. The first kappa shape index (κ1) is 22.2. The minimum Gasteiger partial charge on any atom is -0.497 e. The predicted octanol–water partition coefficient (Wildman–Crippen LogP) is 3.13. The van der Waals surface area contributed by atoms with Crippen molar-refractivity contribution in [3.63, 3.8) is 0 Å². The van der Waals surface area contributed by atoms with Crippen molar-refractivity contribution in [1.82, 2.24) is 10.6 Å². The van der Waals surface area contributed by atoms with E-state index in [9.17, 15) is 5.11 Å². The summed E-state index contributed by atoms with van der Waals surface area (Å²) in [4.78, 5) is 5.58. The number of hydrogen-bond donors (Lipinski definition) is 3. The number of nitrogens with zero attached hydrogens (tertiary/aromatic N) is 1. The molecule has 0 bridgehead atoms. The third-order valence-electron chi connectivity index (χ3n) is 4.19. The van der Waals surface area contributed by atoms with Gasteiger partial charge in [0, 0.05) is 24.6 Å². The van der Waals surface area contributed by atoms with Crippen LogP contribution in [0.15, 0.2) is 46.8 Å². The Morgan fingerprint density at radius 2 is 2.00 bits per heavy atom. The molecule has 6 nitrogen and oxygen atoms in total. The highest BCUT2D eigenvalue weighted by Crippen LogP contribution is 2.24. The number of ether oxygens (including phenoxy) is 2. The van der Waals surface area contributed by atoms with Crippen LogP contribution in [0.1, 0.15) is 30.7 Å². The van der Waals surface area contributed by atoms with E-state index >= 15 is 0 Å². The van der Waals surface area contributed by atoms with Gasteiger partial charge in [-0.2, -0.15) is 0 Å². The normalized spacial score (nSPS) is 13.8. The summed E-state index contributed by atoms with van der Waals surface area (Å²) in [7, 11) is 1.65. The summed E-state index contributed by atoms with van der Waals surface area (Å²) in [5.74, 6) is 1.50. The van der Waals surface area contributed by atoms with Crippen LogP contribution in [-0.2, 0) is 16.9 Å². The second-order valence-corrected chi connectivity index (χ2v) is 7.54. The SMILES string of the molecule is CCOCCCNC(=NCc1ccc(OC)cc1)NCC(C)(O)c1cccs1. The van der Waals surface area contributed by atoms with Crippen molar-refractivity contribution in [3.8, 4) is 5.75 Å². The summed E-state index contributed by atoms with van der Waals surface area (Å²) >= 11 is 1.54. The van der Waals surface area contributed by atoms with Crippen molar-refractivity contribution in [3.05, 3.63) is 52.2 Å². The van der Waals surface area contributed by atoms with E-state index in [1.807, 2.05) is 55.6 Å². The zero-order chi connectivity index (χ0) is 20.2. The summed E-state index contributed by atoms with van der Waals surface area (Å²) in [5, 5.41) is 19.3. The number of hydrogen-bond acceptors (Lipinski definition) is 5. The Labute approximate surface area is 171 Å². The maximum Gasteiger partial charge on any atom is 0.191 e. The first-order valence-corrected chi connectivity index (χ1v) is 10.4. The van der Waals surface area contributed by atoms with Gasteiger partial charge in [0.1, 0.15) is 11.4 Å². The number of nitrogens with one attached hydrogen (secondary N) is 2. The number of aliphatic imine (C=N–C) groups is 1. The Morgan fingerprint density at radius 1 is 1.21 bits per heavy atom. The topological polar surface area (TPSA) is 75.1 Å². The van der Waals surface area contributed by atoms with Gasteiger partial charge in [0.25, 0.3) is 0 Å². The molecule has 154 valence electrons. The Bertz CT molecular complexity index is 700. The molecule has 0 spiro atoms. The van der Waals surface area contributed by atoms with E-state index in [4.69, 9.17) is 9.47 Å². The van der Waals surface area contributed by atoms with Gasteiger partial charge in [0.15, 0.2) is 5.96 Å². The Morgan fingerprint density at radius 3 is 2.64 bits per heavy atom. The maximum atomic E-state index is 10.7. The van der Waals surface area contributed by atoms with Crippen molar-refractivity contribution < 1.29 is 14.6 Å². The first-order chi connectivity index (χ1) is 13.5. The predicted molar refractivity (Wildman–Crippen MR) is 115 cm³/mol. The lowest BCUT2D eigenvalue weighted by molar-refractivity contribution is 0.0655. The highest BCUT2D eigenvalue weighted by atomic mass is 32.1. The van der Waals surface area contributed by atoms with Crippen LogP contribution in [0.25, 0.3) is 0 Å². The van der Waals surface area contributed by atoms with Crippen LogP contribution in [0.4, 0.5) is 0 Å². The zero-order valence-electron chi connectivity index (χ0n) is 16.9. The van der Waals surface area contributed by atoms with Crippen LogP contribution < -0.4 is 15.4 Å². The number of rotatable bonds is 11. The van der Waals surface area contributed by atoms with Crippen LogP contribution in [-0.4, -0.2) is 44.5 Å². The fourth-order valence-electron chi connectivity index (χ4n) is 2.53. The summed E-state index contributed by atoms with van der Waals surface area (Å²) < 4.78 is 10.6. The molecule has 0 aliphatic rings. The standard InChI is InChI=1S/C21H31N3O3S/c1-4-27-13-6-12-22-20(23-15-17-8-10-18(26-3)11-9-17)24-16-21(2,25)19-7-5-14-28-19/h5,7-11,14,25H,4,6,12-13,15-16H2,1-3H3,(H2,22,23,24). The fourth-order valence-corrected chi connectivity index (χ4v) is 3.32. The molecule has 0 saturated heterocycles. The second kappa shape index (κ2) is 11.7. The molecule has 0 aliphatic carbocycles. The Hall–Kier alpha value is -2.09. The fraction of sp³-hybridized carbons (Fsp3) is 0.476. The molecule has 1 heterocycles. The monoisotopic (exact) mass is 405 g/mol. The van der Waals surface area contributed by atoms with E-state index in [0.717, 1.165) is 35.8 Å². The van der Waals surface area contributed by atoms with Crippen molar-refractivity contribution in [2.24, 2.45) is 4.99 Å². The molecule has 0 fully saturated rings. The average molecular weight is 406 g/mol. The van der Waals surface area contributed by atoms with Gasteiger partial charge >= 0.3 is 0 Å². The first-order valence-electron chi connectivity index (χ1n) is 9.54. The molecule has 1 atom stereocenters. The van der Waals surface area contributed by atoms with Crippen molar-refractivity contribution >= 4 is 17.3 Å². The van der Waals surface area contributed by atoms with Crippen LogP contribution in [0.3, 0.4) is 0 Å². The third-order valence-corrected chi connectivity index (χ3v) is 5.32. The molecule has 1 aromatic carbocycles. The van der Waals surface area contributed by atoms with Crippen LogP contribution >= 0.6 is 11.3 Å². The van der Waals surface area contributed by atoms with Gasteiger partial charge < -0.3 is 25.2 Å². The molecule has 0 amide bonds. The average Bonchev–Trinajstić information content (AvgIpc) is 3.25. The lowest BCUT2D eigenvalue weighted by atomic mass is 10.1. The minimum atomic E-state index is -0.956. The van der Waals surface area contributed by atoms with Crippen LogP contribution in [0.2, 0.25) is 0 Å². The molecule has 1 unspecified atom stereocenters. The number of thiophene rings is 1. The summed E-state index contributed by atoms with van der Waals surface area (Å²) in [5.41, 5.74) is 0.128. The van der Waals surface area contributed by atoms with Gasteiger partial charge in [-0.05, 0) is 49.4 Å². The van der Waals surface area contributed by atoms with Gasteiger partial charge in [-0.1, -0.05) is 18.2 Å². The second-order valence-electron chi connectivity index (χ2n) is 6.59. The Balaban J connectivity index is 1.96. The van der Waals surface area contributed by atoms with Crippen LogP contribution in [0, 0.1) is 0 Å². The lowest BCUT2D eigenvalue weighted by Crippen LogP contribution is -2.44. The smallest absolute Gasteiger partial charge is 0.191 e. The van der Waals surface area contributed by atoms with E-state index < -0.39 is 5.60 Å². The Kier molecular flexibility index (Phi) is 9.27. The molecule has 0 aliphatic heterocycles. The largest absolute Gasteiger partial charge is 0.497 e. The molecule has 0 radical (unpaired) electrons. The highest BCUT2D eigenvalue weighted by Gasteiger charge is 2.24. The lowest BCUT2D eigenvalue weighted by Gasteiger charge is -2.24. The van der Waals surface area contributed by atoms with E-state index in [2.05, 4.69) is 15.6 Å². The summed E-state index contributed by atoms with van der Waals surface area (Å²) in [6.45, 7) is 6.88. The molecule has 1 aromatic heterocycles. The van der Waals surface area contributed by atoms with Gasteiger partial charge in [0.2, 0.25) is 0 Å². The number of guanidine groups is 1. The highest BCUT2D eigenvalue weighted by molar-refractivity contribution is 7.10. The molecule has 2 rings (SSSR count). The van der Waals surface area contributed by atoms with Crippen molar-refractivity contribution in [2.75, 3.05) is 33.4 Å². The van der Waals surface area contributed by atoms with Crippen LogP contribution in [0.5, 0.6) is 5.75 Å². The number of methoxy groups -OCH3 is 1. The van der Waals surface area contributed by atoms with E-state index in [-0.39, 0.29) is 0 Å². The minimum absolute atomic E-state index is 0.368. The van der Waals surface area contributed by atoms with Gasteiger partial charge in [0.05, 0.1) is 20.2 Å². The third kappa shape index (κ3) is 7.50. The summed E-state index contributed by atoms with van der Waals surface area (Å²) in [6.07, 6.45) is 0.887. The molecule has 28 heavy (non-hydrogen) atoms. The van der Waals surface area contributed by atoms with Gasteiger partial charge in [-0.3, -0.25) is 0 Å². The van der Waals surface area contributed by atoms with E-state index in [0.29, 0.717) is 25.7 Å². The molecule has 7 heteroatoms. The molecule has 2 aromatic rings. The van der Waals surface area contributed by atoms with Gasteiger partial charge in [-0.25, -0.2) is 4.99 Å².